The summed E-state index contributed by atoms with van der Waals surface area (Å²) in [5.41, 5.74) is 0.293. The Kier molecular flexibility index (Phi) is 3.92. The normalized spacial score (nSPS) is 14.0. The van der Waals surface area contributed by atoms with Crippen LogP contribution < -0.4 is 10.4 Å². The minimum Gasteiger partial charge on any atom is -0.496 e. The lowest BCUT2D eigenvalue weighted by molar-refractivity contribution is 0.0402. The van der Waals surface area contributed by atoms with Crippen molar-refractivity contribution in [1.82, 2.24) is 0 Å². The van der Waals surface area contributed by atoms with Crippen molar-refractivity contribution >= 4 is 11.0 Å². The summed E-state index contributed by atoms with van der Waals surface area (Å²) in [6, 6.07) is 6.23. The highest BCUT2D eigenvalue weighted by molar-refractivity contribution is 5.82. The fraction of sp³-hybridized carbons (Fsp3) is 0.267. The van der Waals surface area contributed by atoms with E-state index >= 15 is 0 Å². The van der Waals surface area contributed by atoms with Crippen molar-refractivity contribution < 1.29 is 19.4 Å². The van der Waals surface area contributed by atoms with Crippen LogP contribution in [0.5, 0.6) is 5.75 Å². The summed E-state index contributed by atoms with van der Waals surface area (Å²) in [7, 11) is 1.44. The molecule has 5 heteroatoms. The first-order chi connectivity index (χ1) is 9.45. The summed E-state index contributed by atoms with van der Waals surface area (Å²) in [6.07, 6.45) is -2.48. The van der Waals surface area contributed by atoms with Gasteiger partial charge in [0.2, 0.25) is 0 Å². The first-order valence-corrected chi connectivity index (χ1v) is 6.08. The molecule has 0 aliphatic rings. The van der Waals surface area contributed by atoms with E-state index in [0.29, 0.717) is 16.7 Å². The lowest BCUT2D eigenvalue weighted by Crippen LogP contribution is -2.20. The minimum atomic E-state index is -1.29. The first-order valence-electron chi connectivity index (χ1n) is 6.08. The third-order valence-corrected chi connectivity index (χ3v) is 3.11. The van der Waals surface area contributed by atoms with E-state index in [2.05, 4.69) is 6.58 Å². The summed E-state index contributed by atoms with van der Waals surface area (Å²) >= 11 is 0. The third-order valence-electron chi connectivity index (χ3n) is 3.11. The molecule has 0 fully saturated rings. The molecule has 0 aliphatic heterocycles. The molecular formula is C15H16O5. The van der Waals surface area contributed by atoms with Gasteiger partial charge in [-0.2, -0.15) is 0 Å². The number of hydrogen-bond donors (Lipinski definition) is 2. The quantitative estimate of drug-likeness (QED) is 0.657. The van der Waals surface area contributed by atoms with Gasteiger partial charge in [-0.1, -0.05) is 6.58 Å². The molecule has 0 saturated carbocycles. The van der Waals surface area contributed by atoms with Gasteiger partial charge in [0.25, 0.3) is 0 Å². The van der Waals surface area contributed by atoms with Crippen LogP contribution in [0, 0.1) is 0 Å². The van der Waals surface area contributed by atoms with Gasteiger partial charge in [0.15, 0.2) is 0 Å². The topological polar surface area (TPSA) is 79.9 Å². The van der Waals surface area contributed by atoms with E-state index in [0.717, 1.165) is 0 Å². The van der Waals surface area contributed by atoms with E-state index in [9.17, 15) is 15.0 Å². The monoisotopic (exact) mass is 276 g/mol. The van der Waals surface area contributed by atoms with E-state index in [4.69, 9.17) is 9.15 Å². The largest absolute Gasteiger partial charge is 0.496 e. The third kappa shape index (κ3) is 2.45. The van der Waals surface area contributed by atoms with Gasteiger partial charge < -0.3 is 19.4 Å². The van der Waals surface area contributed by atoms with Gasteiger partial charge in [0, 0.05) is 11.5 Å². The molecule has 106 valence electrons. The van der Waals surface area contributed by atoms with Crippen LogP contribution in [-0.4, -0.2) is 23.4 Å². The lowest BCUT2D eigenvalue weighted by atomic mass is 9.97. The van der Waals surface area contributed by atoms with Gasteiger partial charge in [-0.15, -0.1) is 0 Å². The fourth-order valence-electron chi connectivity index (χ4n) is 2.02. The SMILES string of the molecule is C=C(C)C(O)C(O)c1c(OC)ccc2ccc(=O)oc12. The second-order valence-corrected chi connectivity index (χ2v) is 4.59. The van der Waals surface area contributed by atoms with Gasteiger partial charge >= 0.3 is 5.63 Å². The lowest BCUT2D eigenvalue weighted by Gasteiger charge is -2.21. The van der Waals surface area contributed by atoms with Crippen LogP contribution in [0.2, 0.25) is 0 Å². The molecular weight excluding hydrogens is 260 g/mol. The maximum Gasteiger partial charge on any atom is 0.336 e. The van der Waals surface area contributed by atoms with Gasteiger partial charge in [-0.25, -0.2) is 4.79 Å². The van der Waals surface area contributed by atoms with Crippen LogP contribution in [0.4, 0.5) is 0 Å². The number of rotatable bonds is 4. The Bertz CT molecular complexity index is 701. The highest BCUT2D eigenvalue weighted by Gasteiger charge is 2.26. The molecule has 2 N–H and O–H groups in total. The number of benzene rings is 1. The molecule has 1 aromatic carbocycles. The zero-order valence-corrected chi connectivity index (χ0v) is 11.3. The van der Waals surface area contributed by atoms with E-state index < -0.39 is 17.8 Å². The first kappa shape index (κ1) is 14.3. The van der Waals surface area contributed by atoms with Crippen LogP contribution in [0.3, 0.4) is 0 Å². The molecule has 0 aliphatic carbocycles. The number of aliphatic hydroxyl groups excluding tert-OH is 2. The van der Waals surface area contributed by atoms with E-state index in [1.807, 2.05) is 0 Å². The average molecular weight is 276 g/mol. The van der Waals surface area contributed by atoms with E-state index in [1.54, 1.807) is 25.1 Å². The molecule has 0 saturated heterocycles. The van der Waals surface area contributed by atoms with Crippen molar-refractivity contribution in [3.63, 3.8) is 0 Å². The minimum absolute atomic E-state index is 0.199. The summed E-state index contributed by atoms with van der Waals surface area (Å²) in [4.78, 5) is 11.4. The molecule has 0 amide bonds. The van der Waals surface area contributed by atoms with Crippen molar-refractivity contribution in [2.75, 3.05) is 7.11 Å². The number of hydrogen-bond acceptors (Lipinski definition) is 5. The second-order valence-electron chi connectivity index (χ2n) is 4.59. The van der Waals surface area contributed by atoms with Crippen LogP contribution >= 0.6 is 0 Å². The summed E-state index contributed by atoms with van der Waals surface area (Å²) < 4.78 is 10.3. The Labute approximate surface area is 115 Å². The highest BCUT2D eigenvalue weighted by Crippen LogP contribution is 2.35. The molecule has 2 rings (SSSR count). The van der Waals surface area contributed by atoms with Crippen LogP contribution in [0.1, 0.15) is 18.6 Å². The maximum atomic E-state index is 11.4. The van der Waals surface area contributed by atoms with Crippen LogP contribution in [0.15, 0.2) is 45.6 Å². The standard InChI is InChI=1S/C15H16O5/c1-8(2)13(17)14(18)12-10(19-3)6-4-9-5-7-11(16)20-15(9)12/h4-7,13-14,17-18H,1H2,2-3H3. The summed E-state index contributed by atoms with van der Waals surface area (Å²) in [5.74, 6) is 0.333. The van der Waals surface area contributed by atoms with Crippen molar-refractivity contribution in [1.29, 1.82) is 0 Å². The smallest absolute Gasteiger partial charge is 0.336 e. The van der Waals surface area contributed by atoms with Gasteiger partial charge in [-0.05, 0) is 30.7 Å². The number of methoxy groups -OCH3 is 1. The Balaban J connectivity index is 2.73. The van der Waals surface area contributed by atoms with Crippen molar-refractivity contribution in [3.8, 4) is 5.75 Å². The highest BCUT2D eigenvalue weighted by atomic mass is 16.5. The molecule has 1 aromatic heterocycles. The molecule has 0 radical (unpaired) electrons. The van der Waals surface area contributed by atoms with E-state index in [-0.39, 0.29) is 11.1 Å². The predicted molar refractivity (Wildman–Crippen MR) is 74.8 cm³/mol. The van der Waals surface area contributed by atoms with Crippen molar-refractivity contribution in [2.24, 2.45) is 0 Å². The van der Waals surface area contributed by atoms with Gasteiger partial charge in [0.05, 0.1) is 12.7 Å². The molecule has 0 bridgehead atoms. The molecule has 2 aromatic rings. The summed E-state index contributed by atoms with van der Waals surface area (Å²) in [6.45, 7) is 5.21. The zero-order valence-electron chi connectivity index (χ0n) is 11.3. The molecule has 2 atom stereocenters. The molecule has 2 unspecified atom stereocenters. The maximum absolute atomic E-state index is 11.4. The molecule has 1 heterocycles. The Hall–Kier alpha value is -2.11. The van der Waals surface area contributed by atoms with Crippen LogP contribution in [-0.2, 0) is 0 Å². The average Bonchev–Trinajstić information content (AvgIpc) is 2.44. The van der Waals surface area contributed by atoms with E-state index in [1.165, 1.54) is 13.2 Å². The van der Waals surface area contributed by atoms with Crippen LogP contribution in [0.25, 0.3) is 11.0 Å². The number of aliphatic hydroxyl groups is 2. The molecule has 20 heavy (non-hydrogen) atoms. The Morgan fingerprint density at radius 3 is 2.55 bits per heavy atom. The van der Waals surface area contributed by atoms with Crippen molar-refractivity contribution in [3.05, 3.63) is 52.4 Å². The van der Waals surface area contributed by atoms with Gasteiger partial charge in [-0.3, -0.25) is 0 Å². The molecule has 5 nitrogen and oxygen atoms in total. The second kappa shape index (κ2) is 5.48. The zero-order chi connectivity index (χ0) is 14.9. The summed E-state index contributed by atoms with van der Waals surface area (Å²) in [5, 5.41) is 20.9. The molecule has 0 spiro atoms. The Morgan fingerprint density at radius 1 is 1.30 bits per heavy atom. The van der Waals surface area contributed by atoms with Crippen molar-refractivity contribution in [2.45, 2.75) is 19.1 Å². The fourth-order valence-corrected chi connectivity index (χ4v) is 2.02. The number of ether oxygens (including phenoxy) is 1. The Morgan fingerprint density at radius 2 is 1.95 bits per heavy atom. The predicted octanol–water partition coefficient (Wildman–Crippen LogP) is 1.77. The number of fused-ring (bicyclic) bond motifs is 1. The van der Waals surface area contributed by atoms with Gasteiger partial charge in [0.1, 0.15) is 23.5 Å².